The summed E-state index contributed by atoms with van der Waals surface area (Å²) in [4.78, 5) is 15.5. The minimum atomic E-state index is -0.106. The van der Waals surface area contributed by atoms with Crippen molar-refractivity contribution in [2.45, 2.75) is 11.8 Å². The van der Waals surface area contributed by atoms with E-state index in [1.807, 2.05) is 30.3 Å². The number of benzene rings is 1. The molecule has 0 unspecified atom stereocenters. The number of amides is 1. The lowest BCUT2D eigenvalue weighted by molar-refractivity contribution is -0.113. The Bertz CT molecular complexity index is 935. The quantitative estimate of drug-likeness (QED) is 0.649. The number of carbonyl (C=O) groups is 1. The highest BCUT2D eigenvalue weighted by Crippen LogP contribution is 2.34. The smallest absolute Gasteiger partial charge is 0.235 e. The highest BCUT2D eigenvalue weighted by atomic mass is 32.2. The summed E-state index contributed by atoms with van der Waals surface area (Å²) in [6, 6.07) is 11.6. The second kappa shape index (κ2) is 7.43. The molecule has 0 radical (unpaired) electrons. The Kier molecular flexibility index (Phi) is 4.85. The molecule has 1 aliphatic heterocycles. The molecule has 0 fully saturated rings. The van der Waals surface area contributed by atoms with E-state index in [0.29, 0.717) is 24.8 Å². The molecule has 1 aromatic carbocycles. The van der Waals surface area contributed by atoms with Gasteiger partial charge in [-0.3, -0.25) is 9.89 Å². The number of H-pyrrole nitrogens is 1. The number of anilines is 1. The van der Waals surface area contributed by atoms with Crippen LogP contribution in [0.15, 0.2) is 41.3 Å². The molecule has 4 rings (SSSR count). The summed E-state index contributed by atoms with van der Waals surface area (Å²) in [5.41, 5.74) is 0.901. The van der Waals surface area contributed by atoms with Crippen molar-refractivity contribution in [1.82, 2.24) is 10.2 Å². The van der Waals surface area contributed by atoms with Gasteiger partial charge in [-0.1, -0.05) is 0 Å². The molecule has 0 atom stereocenters. The maximum absolute atomic E-state index is 12.2. The van der Waals surface area contributed by atoms with Crippen LogP contribution < -0.4 is 14.8 Å². The van der Waals surface area contributed by atoms with E-state index < -0.39 is 0 Å². The lowest BCUT2D eigenvalue weighted by atomic mass is 10.3. The third kappa shape index (κ3) is 3.86. The molecule has 0 bridgehead atoms. The number of nitrogens with one attached hydrogen (secondary N) is 2. The van der Waals surface area contributed by atoms with E-state index in [1.165, 1.54) is 16.6 Å². The van der Waals surface area contributed by atoms with Crippen LogP contribution in [0.4, 0.5) is 5.82 Å². The molecule has 8 heteroatoms. The van der Waals surface area contributed by atoms with Gasteiger partial charge in [0.15, 0.2) is 17.3 Å². The van der Waals surface area contributed by atoms with E-state index in [1.54, 1.807) is 11.3 Å². The summed E-state index contributed by atoms with van der Waals surface area (Å²) in [5.74, 6) is 2.19. The van der Waals surface area contributed by atoms with Crippen LogP contribution in [0, 0.1) is 6.92 Å². The third-order valence-corrected chi connectivity index (χ3v) is 5.76. The largest absolute Gasteiger partial charge is 0.486 e. The number of nitrogens with zero attached hydrogens (tertiary/aromatic N) is 1. The van der Waals surface area contributed by atoms with Crippen molar-refractivity contribution in [3.05, 3.63) is 41.3 Å². The van der Waals surface area contributed by atoms with E-state index >= 15 is 0 Å². The first-order chi connectivity index (χ1) is 12.7. The minimum Gasteiger partial charge on any atom is -0.486 e. The zero-order valence-electron chi connectivity index (χ0n) is 14.1. The monoisotopic (exact) mass is 387 g/mol. The number of carbonyl (C=O) groups excluding carboxylic acids is 1. The molecule has 0 saturated heterocycles. The van der Waals surface area contributed by atoms with E-state index in [4.69, 9.17) is 9.47 Å². The van der Waals surface area contributed by atoms with Gasteiger partial charge in [-0.15, -0.1) is 23.1 Å². The molecule has 3 heterocycles. The predicted molar refractivity (Wildman–Crippen MR) is 103 cm³/mol. The van der Waals surface area contributed by atoms with Crippen molar-refractivity contribution in [3.8, 4) is 22.1 Å². The standard InChI is InChI=1S/C18H17N3O3S2/c1-11-2-5-16(26-11)13-9-17(21-20-13)19-18(22)10-25-12-3-4-14-15(8-12)24-7-6-23-14/h2-5,8-9H,6-7,10H2,1H3,(H2,19,20,21,22). The van der Waals surface area contributed by atoms with Crippen molar-refractivity contribution >= 4 is 34.8 Å². The van der Waals surface area contributed by atoms with Gasteiger partial charge in [-0.25, -0.2) is 0 Å². The Morgan fingerprint density at radius 2 is 2.08 bits per heavy atom. The van der Waals surface area contributed by atoms with Gasteiger partial charge in [-0.05, 0) is 37.3 Å². The topological polar surface area (TPSA) is 76.2 Å². The molecular formula is C18H17N3O3S2. The minimum absolute atomic E-state index is 0.106. The Morgan fingerprint density at radius 3 is 2.88 bits per heavy atom. The second-order valence-corrected chi connectivity index (χ2v) is 8.06. The maximum atomic E-state index is 12.2. The second-order valence-electron chi connectivity index (χ2n) is 5.72. The van der Waals surface area contributed by atoms with Crippen LogP contribution in [0.5, 0.6) is 11.5 Å². The molecule has 2 aromatic heterocycles. The molecule has 3 aromatic rings. The van der Waals surface area contributed by atoms with Crippen LogP contribution in [0.25, 0.3) is 10.6 Å². The van der Waals surface area contributed by atoms with E-state index in [9.17, 15) is 4.79 Å². The number of hydrogen-bond acceptors (Lipinski definition) is 6. The van der Waals surface area contributed by atoms with Crippen LogP contribution in [0.1, 0.15) is 4.88 Å². The van der Waals surface area contributed by atoms with Gasteiger partial charge >= 0.3 is 0 Å². The van der Waals surface area contributed by atoms with E-state index in [0.717, 1.165) is 27.0 Å². The number of aromatic amines is 1. The number of hydrogen-bond donors (Lipinski definition) is 2. The van der Waals surface area contributed by atoms with Gasteiger partial charge in [0.2, 0.25) is 5.91 Å². The number of aromatic nitrogens is 2. The molecule has 1 amide bonds. The van der Waals surface area contributed by atoms with E-state index in [-0.39, 0.29) is 5.91 Å². The number of ether oxygens (including phenoxy) is 2. The summed E-state index contributed by atoms with van der Waals surface area (Å²) in [7, 11) is 0. The van der Waals surface area contributed by atoms with Crippen LogP contribution >= 0.6 is 23.1 Å². The number of thiophene rings is 1. The summed E-state index contributed by atoms with van der Waals surface area (Å²) in [6.45, 7) is 3.17. The van der Waals surface area contributed by atoms with Crippen molar-refractivity contribution in [2.24, 2.45) is 0 Å². The molecule has 0 spiro atoms. The zero-order valence-corrected chi connectivity index (χ0v) is 15.7. The highest BCUT2D eigenvalue weighted by Gasteiger charge is 2.13. The third-order valence-electron chi connectivity index (χ3n) is 3.73. The molecular weight excluding hydrogens is 370 g/mol. The first-order valence-corrected chi connectivity index (χ1v) is 9.92. The van der Waals surface area contributed by atoms with Gasteiger partial charge in [0.1, 0.15) is 13.2 Å². The molecule has 134 valence electrons. The van der Waals surface area contributed by atoms with Crippen molar-refractivity contribution in [3.63, 3.8) is 0 Å². The average molecular weight is 387 g/mol. The highest BCUT2D eigenvalue weighted by molar-refractivity contribution is 8.00. The van der Waals surface area contributed by atoms with Gasteiger partial charge in [0.05, 0.1) is 16.3 Å². The summed E-state index contributed by atoms with van der Waals surface area (Å²) in [6.07, 6.45) is 0. The number of thioether (sulfide) groups is 1. The van der Waals surface area contributed by atoms with Crippen LogP contribution in [0.2, 0.25) is 0 Å². The van der Waals surface area contributed by atoms with Crippen molar-refractivity contribution < 1.29 is 14.3 Å². The predicted octanol–water partition coefficient (Wildman–Crippen LogP) is 3.95. The molecule has 6 nitrogen and oxygen atoms in total. The number of rotatable bonds is 5. The molecule has 2 N–H and O–H groups in total. The fourth-order valence-corrected chi connectivity index (χ4v) is 4.09. The van der Waals surface area contributed by atoms with E-state index in [2.05, 4.69) is 28.5 Å². The Balaban J connectivity index is 1.34. The first kappa shape index (κ1) is 17.0. The number of fused-ring (bicyclic) bond motifs is 1. The SMILES string of the molecule is Cc1ccc(-c2cc(NC(=O)CSc3ccc4c(c3)OCCO4)n[nH]2)s1. The van der Waals surface area contributed by atoms with Crippen LogP contribution in [0.3, 0.4) is 0 Å². The molecule has 1 aliphatic rings. The van der Waals surface area contributed by atoms with Crippen LogP contribution in [-0.2, 0) is 4.79 Å². The fourth-order valence-electron chi connectivity index (χ4n) is 2.53. The maximum Gasteiger partial charge on any atom is 0.235 e. The van der Waals surface area contributed by atoms with Gasteiger partial charge in [0.25, 0.3) is 0 Å². The average Bonchev–Trinajstić information content (AvgIpc) is 3.28. The molecule has 0 aliphatic carbocycles. The normalized spacial score (nSPS) is 12.8. The number of aryl methyl sites for hydroxylation is 1. The molecule has 0 saturated carbocycles. The Morgan fingerprint density at radius 1 is 1.23 bits per heavy atom. The Labute approximate surface area is 158 Å². The lowest BCUT2D eigenvalue weighted by Gasteiger charge is -2.18. The van der Waals surface area contributed by atoms with Crippen molar-refractivity contribution in [2.75, 3.05) is 24.3 Å². The molecule has 26 heavy (non-hydrogen) atoms. The fraction of sp³-hybridized carbons (Fsp3) is 0.222. The Hall–Kier alpha value is -2.45. The van der Waals surface area contributed by atoms with Gasteiger partial charge in [0, 0.05) is 15.8 Å². The van der Waals surface area contributed by atoms with Gasteiger partial charge < -0.3 is 14.8 Å². The zero-order chi connectivity index (χ0) is 17.9. The van der Waals surface area contributed by atoms with Crippen molar-refractivity contribution in [1.29, 1.82) is 0 Å². The summed E-state index contributed by atoms with van der Waals surface area (Å²) < 4.78 is 11.1. The van der Waals surface area contributed by atoms with Gasteiger partial charge in [-0.2, -0.15) is 5.10 Å². The summed E-state index contributed by atoms with van der Waals surface area (Å²) >= 11 is 3.13. The lowest BCUT2D eigenvalue weighted by Crippen LogP contribution is -2.15. The van der Waals surface area contributed by atoms with Crippen LogP contribution in [-0.4, -0.2) is 35.1 Å². The first-order valence-electron chi connectivity index (χ1n) is 8.12. The summed E-state index contributed by atoms with van der Waals surface area (Å²) in [5, 5.41) is 9.93.